The van der Waals surface area contributed by atoms with Crippen molar-refractivity contribution in [2.75, 3.05) is 13.6 Å². The van der Waals surface area contributed by atoms with Crippen LogP contribution >= 0.6 is 0 Å². The van der Waals surface area contributed by atoms with Gasteiger partial charge in [0.05, 0.1) is 24.5 Å². The van der Waals surface area contributed by atoms with E-state index in [2.05, 4.69) is 4.98 Å². The number of halogens is 1. The third kappa shape index (κ3) is 3.27. The number of hydrogen-bond acceptors (Lipinski definition) is 3. The van der Waals surface area contributed by atoms with Gasteiger partial charge in [0.1, 0.15) is 5.82 Å². The van der Waals surface area contributed by atoms with Gasteiger partial charge in [0, 0.05) is 0 Å². The van der Waals surface area contributed by atoms with E-state index in [4.69, 9.17) is 5.11 Å². The third-order valence-electron chi connectivity index (χ3n) is 2.40. The Morgan fingerprint density at radius 1 is 1.62 bits per heavy atom. The SMILES string of the molecule is CCC(c1ccc(F)cn1)N(C)CC(=O)O. The molecule has 1 N–H and O–H groups in total. The molecule has 1 rings (SSSR count). The Bertz CT molecular complexity index is 354. The molecule has 0 bridgehead atoms. The standard InChI is InChI=1S/C11H15FN2O2/c1-3-10(14(2)7-11(15)16)9-5-4-8(12)6-13-9/h4-6,10H,3,7H2,1-2H3,(H,15,16). The van der Waals surface area contributed by atoms with Gasteiger partial charge < -0.3 is 5.11 Å². The molecule has 5 heteroatoms. The van der Waals surface area contributed by atoms with Crippen LogP contribution < -0.4 is 0 Å². The molecule has 0 aliphatic rings. The molecule has 1 unspecified atom stereocenters. The van der Waals surface area contributed by atoms with Gasteiger partial charge in [-0.05, 0) is 25.6 Å². The monoisotopic (exact) mass is 226 g/mol. The van der Waals surface area contributed by atoms with E-state index in [9.17, 15) is 9.18 Å². The summed E-state index contributed by atoms with van der Waals surface area (Å²) in [6.07, 6.45) is 1.87. The van der Waals surface area contributed by atoms with Gasteiger partial charge in [-0.1, -0.05) is 6.92 Å². The van der Waals surface area contributed by atoms with Gasteiger partial charge >= 0.3 is 5.97 Å². The number of pyridine rings is 1. The largest absolute Gasteiger partial charge is 0.480 e. The summed E-state index contributed by atoms with van der Waals surface area (Å²) >= 11 is 0. The van der Waals surface area contributed by atoms with Gasteiger partial charge in [0.2, 0.25) is 0 Å². The Balaban J connectivity index is 2.81. The van der Waals surface area contributed by atoms with Crippen molar-refractivity contribution in [1.29, 1.82) is 0 Å². The summed E-state index contributed by atoms with van der Waals surface area (Å²) < 4.78 is 12.7. The van der Waals surface area contributed by atoms with Crippen molar-refractivity contribution in [1.82, 2.24) is 9.88 Å². The third-order valence-corrected chi connectivity index (χ3v) is 2.40. The van der Waals surface area contributed by atoms with E-state index < -0.39 is 5.97 Å². The van der Waals surface area contributed by atoms with E-state index in [0.29, 0.717) is 5.69 Å². The molecule has 1 aromatic heterocycles. The molecule has 88 valence electrons. The van der Waals surface area contributed by atoms with E-state index in [-0.39, 0.29) is 18.4 Å². The second-order valence-electron chi connectivity index (χ2n) is 3.63. The molecule has 1 atom stereocenters. The van der Waals surface area contributed by atoms with Crippen LogP contribution in [0.1, 0.15) is 25.1 Å². The fraction of sp³-hybridized carbons (Fsp3) is 0.455. The molecule has 0 aliphatic carbocycles. The van der Waals surface area contributed by atoms with Crippen molar-refractivity contribution < 1.29 is 14.3 Å². The quantitative estimate of drug-likeness (QED) is 0.830. The van der Waals surface area contributed by atoms with Crippen LogP contribution in [0.15, 0.2) is 18.3 Å². The van der Waals surface area contributed by atoms with Gasteiger partial charge in [0.25, 0.3) is 0 Å². The van der Waals surface area contributed by atoms with Crippen LogP contribution in [-0.4, -0.2) is 34.6 Å². The molecule has 0 saturated carbocycles. The normalized spacial score (nSPS) is 12.8. The molecule has 1 aromatic rings. The van der Waals surface area contributed by atoms with Gasteiger partial charge in [-0.2, -0.15) is 0 Å². The maximum atomic E-state index is 12.7. The van der Waals surface area contributed by atoms with Crippen LogP contribution in [-0.2, 0) is 4.79 Å². The van der Waals surface area contributed by atoms with E-state index in [0.717, 1.165) is 12.6 Å². The lowest BCUT2D eigenvalue weighted by Gasteiger charge is -2.24. The lowest BCUT2D eigenvalue weighted by molar-refractivity contribution is -0.138. The fourth-order valence-electron chi connectivity index (χ4n) is 1.65. The number of hydrogen-bond donors (Lipinski definition) is 1. The topological polar surface area (TPSA) is 53.4 Å². The van der Waals surface area contributed by atoms with Crippen molar-refractivity contribution in [3.8, 4) is 0 Å². The minimum absolute atomic E-state index is 0.0580. The summed E-state index contributed by atoms with van der Waals surface area (Å²) in [5.41, 5.74) is 0.688. The number of rotatable bonds is 5. The van der Waals surface area contributed by atoms with Crippen molar-refractivity contribution in [3.05, 3.63) is 29.8 Å². The van der Waals surface area contributed by atoms with E-state index >= 15 is 0 Å². The first-order valence-electron chi connectivity index (χ1n) is 5.08. The van der Waals surface area contributed by atoms with E-state index in [1.165, 1.54) is 6.07 Å². The summed E-state index contributed by atoms with van der Waals surface area (Å²) in [7, 11) is 1.72. The number of carbonyl (C=O) groups is 1. The second kappa shape index (κ2) is 5.55. The molecule has 0 fully saturated rings. The second-order valence-corrected chi connectivity index (χ2v) is 3.63. The summed E-state index contributed by atoms with van der Waals surface area (Å²) in [5.74, 6) is -1.28. The van der Waals surface area contributed by atoms with Crippen molar-refractivity contribution in [2.45, 2.75) is 19.4 Å². The lowest BCUT2D eigenvalue weighted by atomic mass is 10.1. The first-order chi connectivity index (χ1) is 7.54. The van der Waals surface area contributed by atoms with Gasteiger partial charge in [0.15, 0.2) is 0 Å². The van der Waals surface area contributed by atoms with Crippen LogP contribution in [0.2, 0.25) is 0 Å². The van der Waals surface area contributed by atoms with Crippen LogP contribution in [0.5, 0.6) is 0 Å². The summed E-state index contributed by atoms with van der Waals surface area (Å²) in [4.78, 5) is 16.2. The molecular weight excluding hydrogens is 211 g/mol. The average Bonchev–Trinajstić information content (AvgIpc) is 2.21. The highest BCUT2D eigenvalue weighted by Crippen LogP contribution is 2.20. The fourth-order valence-corrected chi connectivity index (χ4v) is 1.65. The Morgan fingerprint density at radius 3 is 2.75 bits per heavy atom. The minimum atomic E-state index is -0.886. The zero-order valence-corrected chi connectivity index (χ0v) is 9.35. The predicted octanol–water partition coefficient (Wildman–Crippen LogP) is 1.69. The highest BCUT2D eigenvalue weighted by molar-refractivity contribution is 5.69. The molecule has 0 amide bonds. The zero-order valence-electron chi connectivity index (χ0n) is 9.35. The number of carboxylic acid groups (broad SMARTS) is 1. The van der Waals surface area contributed by atoms with Crippen LogP contribution in [0.3, 0.4) is 0 Å². The predicted molar refractivity (Wildman–Crippen MR) is 57.5 cm³/mol. The molecule has 0 radical (unpaired) electrons. The summed E-state index contributed by atoms with van der Waals surface area (Å²) in [6, 6.07) is 2.82. The number of nitrogens with zero attached hydrogens (tertiary/aromatic N) is 2. The molecule has 0 spiro atoms. The molecule has 16 heavy (non-hydrogen) atoms. The number of carboxylic acids is 1. The maximum absolute atomic E-state index is 12.7. The van der Waals surface area contributed by atoms with Gasteiger partial charge in [-0.15, -0.1) is 0 Å². The molecule has 0 aliphatic heterocycles. The van der Waals surface area contributed by atoms with Gasteiger partial charge in [-0.3, -0.25) is 14.7 Å². The Morgan fingerprint density at radius 2 is 2.31 bits per heavy atom. The lowest BCUT2D eigenvalue weighted by Crippen LogP contribution is -2.30. The molecule has 4 nitrogen and oxygen atoms in total. The van der Waals surface area contributed by atoms with Crippen molar-refractivity contribution >= 4 is 5.97 Å². The Labute approximate surface area is 93.7 Å². The number of likely N-dealkylation sites (N-methyl/N-ethyl adjacent to an activating group) is 1. The Kier molecular flexibility index (Phi) is 4.37. The first kappa shape index (κ1) is 12.6. The minimum Gasteiger partial charge on any atom is -0.480 e. The Hall–Kier alpha value is -1.49. The van der Waals surface area contributed by atoms with Crippen LogP contribution in [0.25, 0.3) is 0 Å². The van der Waals surface area contributed by atoms with Crippen molar-refractivity contribution in [3.63, 3.8) is 0 Å². The van der Waals surface area contributed by atoms with Gasteiger partial charge in [-0.25, -0.2) is 4.39 Å². The molecule has 0 saturated heterocycles. The van der Waals surface area contributed by atoms with Crippen LogP contribution in [0, 0.1) is 5.82 Å². The number of aromatic nitrogens is 1. The highest BCUT2D eigenvalue weighted by atomic mass is 19.1. The molecule has 0 aromatic carbocycles. The summed E-state index contributed by atoms with van der Waals surface area (Å²) in [5, 5.41) is 8.70. The molecule has 1 heterocycles. The average molecular weight is 226 g/mol. The zero-order chi connectivity index (χ0) is 12.1. The smallest absolute Gasteiger partial charge is 0.317 e. The van der Waals surface area contributed by atoms with E-state index in [1.54, 1.807) is 18.0 Å². The van der Waals surface area contributed by atoms with Crippen molar-refractivity contribution in [2.24, 2.45) is 0 Å². The highest BCUT2D eigenvalue weighted by Gasteiger charge is 2.18. The summed E-state index contributed by atoms with van der Waals surface area (Å²) in [6.45, 7) is 1.88. The number of aliphatic carboxylic acids is 1. The van der Waals surface area contributed by atoms with Crippen LogP contribution in [0.4, 0.5) is 4.39 Å². The molecular formula is C11H15FN2O2. The first-order valence-corrected chi connectivity index (χ1v) is 5.08. The van der Waals surface area contributed by atoms with E-state index in [1.807, 2.05) is 6.92 Å². The maximum Gasteiger partial charge on any atom is 0.317 e.